The average Bonchev–Trinajstić information content (AvgIpc) is 3.35. The molecular weight excluding hydrogens is 370 g/mol. The molecule has 0 aliphatic heterocycles. The number of rotatable bonds is 6. The lowest BCUT2D eigenvalue weighted by atomic mass is 10.1. The number of nitrogens with zero attached hydrogens (tertiary/aromatic N) is 4. The smallest absolute Gasteiger partial charge is 0.357 e. The summed E-state index contributed by atoms with van der Waals surface area (Å²) >= 11 is 0. The van der Waals surface area contributed by atoms with Crippen LogP contribution in [-0.4, -0.2) is 38.3 Å². The van der Waals surface area contributed by atoms with Gasteiger partial charge in [0.2, 0.25) is 5.89 Å². The first kappa shape index (κ1) is 18.7. The van der Waals surface area contributed by atoms with Gasteiger partial charge in [0.05, 0.1) is 23.0 Å². The summed E-state index contributed by atoms with van der Waals surface area (Å²) in [5.41, 5.74) is 4.13. The lowest BCUT2D eigenvalue weighted by Crippen LogP contribution is -2.16. The number of fused-ring (bicyclic) bond motifs is 1. The molecule has 0 bridgehead atoms. The fourth-order valence-electron chi connectivity index (χ4n) is 3.12. The second-order valence-electron chi connectivity index (χ2n) is 7.26. The van der Waals surface area contributed by atoms with Crippen molar-refractivity contribution in [3.8, 4) is 11.5 Å². The van der Waals surface area contributed by atoms with E-state index in [1.165, 1.54) is 0 Å². The molecule has 8 nitrogen and oxygen atoms in total. The molecule has 1 aromatic carbocycles. The summed E-state index contributed by atoms with van der Waals surface area (Å²) in [5, 5.41) is 16.2. The van der Waals surface area contributed by atoms with E-state index in [-0.39, 0.29) is 5.69 Å². The van der Waals surface area contributed by atoms with Crippen molar-refractivity contribution in [1.82, 2.24) is 20.2 Å². The van der Waals surface area contributed by atoms with Crippen molar-refractivity contribution in [3.63, 3.8) is 0 Å². The Hall–Kier alpha value is -3.68. The molecule has 4 rings (SSSR count). The van der Waals surface area contributed by atoms with E-state index in [0.717, 1.165) is 22.5 Å². The lowest BCUT2D eigenvalue weighted by Gasteiger charge is -2.19. The number of carboxylic acids is 1. The molecule has 0 radical (unpaired) electrons. The van der Waals surface area contributed by atoms with E-state index in [1.807, 2.05) is 36.2 Å². The normalized spacial score (nSPS) is 11.3. The lowest BCUT2D eigenvalue weighted by molar-refractivity contribution is 0.0692. The Labute approximate surface area is 167 Å². The number of H-pyrrole nitrogens is 1. The average molecular weight is 391 g/mol. The number of aromatic carboxylic acids is 1. The van der Waals surface area contributed by atoms with E-state index < -0.39 is 5.97 Å². The minimum Gasteiger partial charge on any atom is -0.476 e. The van der Waals surface area contributed by atoms with Crippen molar-refractivity contribution in [2.45, 2.75) is 26.3 Å². The molecule has 2 N–H and O–H groups in total. The number of carboxylic acid groups (broad SMARTS) is 1. The summed E-state index contributed by atoms with van der Waals surface area (Å²) in [4.78, 5) is 22.2. The number of nitrogens with one attached hydrogen (secondary N) is 1. The van der Waals surface area contributed by atoms with E-state index in [9.17, 15) is 9.90 Å². The van der Waals surface area contributed by atoms with Gasteiger partial charge in [-0.2, -0.15) is 5.10 Å². The zero-order chi connectivity index (χ0) is 20.5. The molecule has 0 saturated heterocycles. The van der Waals surface area contributed by atoms with Crippen LogP contribution >= 0.6 is 0 Å². The third kappa shape index (κ3) is 3.69. The molecule has 3 heterocycles. The largest absolute Gasteiger partial charge is 0.476 e. The monoisotopic (exact) mass is 391 g/mol. The molecular formula is C21H21N5O3. The van der Waals surface area contributed by atoms with E-state index >= 15 is 0 Å². The number of aromatic amines is 1. The highest BCUT2D eigenvalue weighted by molar-refractivity contribution is 6.00. The van der Waals surface area contributed by atoms with E-state index in [0.29, 0.717) is 29.4 Å². The summed E-state index contributed by atoms with van der Waals surface area (Å²) in [6, 6.07) is 9.79. The highest BCUT2D eigenvalue weighted by Crippen LogP contribution is 2.25. The standard InChI is InChI=1S/C21H21N5O3/c1-12(2)17-11-29-20(23-17)14-6-4-5-13(7-14)10-26(3)15-8-16-18(21(27)28)24-25-19(16)22-9-15/h4-9,11-12H,10H2,1-3H3,(H,27,28)(H,22,24,25). The molecule has 0 saturated carbocycles. The van der Waals surface area contributed by atoms with Crippen molar-refractivity contribution in [3.05, 3.63) is 59.7 Å². The second-order valence-corrected chi connectivity index (χ2v) is 7.26. The molecule has 3 aromatic heterocycles. The van der Waals surface area contributed by atoms with Crippen LogP contribution in [0, 0.1) is 0 Å². The first-order valence-corrected chi connectivity index (χ1v) is 9.25. The van der Waals surface area contributed by atoms with Crippen LogP contribution in [0.3, 0.4) is 0 Å². The Balaban J connectivity index is 1.58. The molecule has 0 aliphatic carbocycles. The van der Waals surface area contributed by atoms with Gasteiger partial charge in [0.15, 0.2) is 11.3 Å². The van der Waals surface area contributed by atoms with Crippen molar-refractivity contribution in [1.29, 1.82) is 0 Å². The number of hydrogen-bond acceptors (Lipinski definition) is 6. The molecule has 8 heteroatoms. The topological polar surface area (TPSA) is 108 Å². The van der Waals surface area contributed by atoms with Crippen LogP contribution in [0.25, 0.3) is 22.5 Å². The summed E-state index contributed by atoms with van der Waals surface area (Å²) in [6.45, 7) is 4.76. The van der Waals surface area contributed by atoms with Gasteiger partial charge in [0.1, 0.15) is 6.26 Å². The first-order chi connectivity index (χ1) is 13.9. The maximum atomic E-state index is 11.3. The van der Waals surface area contributed by atoms with Crippen LogP contribution in [0.1, 0.15) is 41.5 Å². The predicted octanol–water partition coefficient (Wildman–Crippen LogP) is 4.07. The highest BCUT2D eigenvalue weighted by atomic mass is 16.4. The number of hydrogen-bond donors (Lipinski definition) is 2. The zero-order valence-corrected chi connectivity index (χ0v) is 16.4. The van der Waals surface area contributed by atoms with Crippen molar-refractivity contribution < 1.29 is 14.3 Å². The molecule has 0 aliphatic rings. The summed E-state index contributed by atoms with van der Waals surface area (Å²) < 4.78 is 5.63. The summed E-state index contributed by atoms with van der Waals surface area (Å²) in [6.07, 6.45) is 3.39. The van der Waals surface area contributed by atoms with Gasteiger partial charge < -0.3 is 14.4 Å². The Morgan fingerprint density at radius 1 is 1.31 bits per heavy atom. The number of anilines is 1. The summed E-state index contributed by atoms with van der Waals surface area (Å²) in [5.74, 6) is -0.175. The number of oxazole rings is 1. The second kappa shape index (κ2) is 7.38. The first-order valence-electron chi connectivity index (χ1n) is 9.25. The third-order valence-corrected chi connectivity index (χ3v) is 4.75. The Morgan fingerprint density at radius 2 is 2.14 bits per heavy atom. The number of benzene rings is 1. The molecule has 29 heavy (non-hydrogen) atoms. The molecule has 0 unspecified atom stereocenters. The Kier molecular flexibility index (Phi) is 4.75. The van der Waals surface area contributed by atoms with Crippen LogP contribution in [0.2, 0.25) is 0 Å². The number of aromatic nitrogens is 4. The van der Waals surface area contributed by atoms with Gasteiger partial charge in [0, 0.05) is 19.2 Å². The molecule has 4 aromatic rings. The van der Waals surface area contributed by atoms with Crippen LogP contribution in [0.15, 0.2) is 47.2 Å². The maximum Gasteiger partial charge on any atom is 0.357 e. The fourth-order valence-corrected chi connectivity index (χ4v) is 3.12. The molecule has 0 spiro atoms. The molecule has 0 amide bonds. The zero-order valence-electron chi connectivity index (χ0n) is 16.4. The molecule has 0 atom stereocenters. The van der Waals surface area contributed by atoms with Crippen molar-refractivity contribution >= 4 is 22.7 Å². The quantitative estimate of drug-likeness (QED) is 0.510. The Morgan fingerprint density at radius 3 is 2.86 bits per heavy atom. The third-order valence-electron chi connectivity index (χ3n) is 4.75. The summed E-state index contributed by atoms with van der Waals surface area (Å²) in [7, 11) is 1.93. The number of pyridine rings is 1. The van der Waals surface area contributed by atoms with Crippen molar-refractivity contribution in [2.24, 2.45) is 0 Å². The SMILES string of the molecule is CC(C)c1coc(-c2cccc(CN(C)c3cnc4[nH]nc(C(=O)O)c4c3)c2)n1. The van der Waals surface area contributed by atoms with Gasteiger partial charge >= 0.3 is 5.97 Å². The van der Waals surface area contributed by atoms with Crippen molar-refractivity contribution in [2.75, 3.05) is 11.9 Å². The molecule has 148 valence electrons. The van der Waals surface area contributed by atoms with E-state index in [1.54, 1.807) is 18.5 Å². The van der Waals surface area contributed by atoms with Gasteiger partial charge in [-0.1, -0.05) is 26.0 Å². The van der Waals surface area contributed by atoms with Gasteiger partial charge in [-0.25, -0.2) is 14.8 Å². The van der Waals surface area contributed by atoms with Gasteiger partial charge in [-0.15, -0.1) is 0 Å². The van der Waals surface area contributed by atoms with Gasteiger partial charge in [-0.05, 0) is 29.7 Å². The molecule has 0 fully saturated rings. The maximum absolute atomic E-state index is 11.3. The minimum absolute atomic E-state index is 0.0328. The number of carbonyl (C=O) groups is 1. The highest BCUT2D eigenvalue weighted by Gasteiger charge is 2.15. The fraction of sp³-hybridized carbons (Fsp3) is 0.238. The van der Waals surface area contributed by atoms with Crippen LogP contribution in [-0.2, 0) is 6.54 Å². The van der Waals surface area contributed by atoms with Gasteiger partial charge in [0.25, 0.3) is 0 Å². The predicted molar refractivity (Wildman–Crippen MR) is 109 cm³/mol. The minimum atomic E-state index is -1.09. The van der Waals surface area contributed by atoms with E-state index in [2.05, 4.69) is 34.0 Å². The van der Waals surface area contributed by atoms with Crippen LogP contribution < -0.4 is 4.90 Å². The van der Waals surface area contributed by atoms with Gasteiger partial charge in [-0.3, -0.25) is 5.10 Å². The van der Waals surface area contributed by atoms with E-state index in [4.69, 9.17) is 4.42 Å². The van der Waals surface area contributed by atoms with Crippen LogP contribution in [0.5, 0.6) is 0 Å². The van der Waals surface area contributed by atoms with Crippen LogP contribution in [0.4, 0.5) is 5.69 Å². The Bertz CT molecular complexity index is 1180.